The summed E-state index contributed by atoms with van der Waals surface area (Å²) < 4.78 is 19.4. The minimum Gasteiger partial charge on any atom is -0.436 e. The Balaban J connectivity index is 1.59. The van der Waals surface area contributed by atoms with Gasteiger partial charge in [0.05, 0.1) is 11.4 Å². The first-order valence-corrected chi connectivity index (χ1v) is 10.4. The summed E-state index contributed by atoms with van der Waals surface area (Å²) in [5, 5.41) is 0. The van der Waals surface area contributed by atoms with Crippen molar-refractivity contribution in [2.75, 3.05) is 32.1 Å². The Hall–Kier alpha value is -3.29. The van der Waals surface area contributed by atoms with Gasteiger partial charge in [0.1, 0.15) is 5.82 Å². The van der Waals surface area contributed by atoms with Crippen LogP contribution >= 0.6 is 0 Å². The van der Waals surface area contributed by atoms with Crippen LogP contribution in [0.15, 0.2) is 34.9 Å². The number of anilines is 1. The lowest BCUT2D eigenvalue weighted by atomic mass is 9.88. The maximum Gasteiger partial charge on any atom is 0.291 e. The van der Waals surface area contributed by atoms with Gasteiger partial charge in [0.15, 0.2) is 5.89 Å². The Bertz CT molecular complexity index is 1100. The van der Waals surface area contributed by atoms with Gasteiger partial charge < -0.3 is 14.2 Å². The van der Waals surface area contributed by atoms with E-state index in [-0.39, 0.29) is 17.6 Å². The first-order valence-electron chi connectivity index (χ1n) is 10.4. The number of carbonyl (C=O) groups is 1. The molecule has 1 aliphatic heterocycles. The Morgan fingerprint density at radius 3 is 2.55 bits per heavy atom. The third-order valence-corrected chi connectivity index (χ3v) is 5.61. The first kappa shape index (κ1) is 21.0. The van der Waals surface area contributed by atoms with Crippen LogP contribution in [0.4, 0.5) is 10.3 Å². The monoisotopic (exact) mass is 423 g/mol. The number of aryl methyl sites for hydroxylation is 2. The fraction of sp³-hybridized carbons (Fsp3) is 0.391. The predicted octanol–water partition coefficient (Wildman–Crippen LogP) is 3.97. The smallest absolute Gasteiger partial charge is 0.291 e. The molecule has 2 aromatic heterocycles. The van der Waals surface area contributed by atoms with Crippen molar-refractivity contribution in [1.29, 1.82) is 0 Å². The van der Waals surface area contributed by atoms with Crippen LogP contribution in [-0.2, 0) is 0 Å². The Kier molecular flexibility index (Phi) is 5.71. The molecule has 0 spiro atoms. The van der Waals surface area contributed by atoms with Crippen LogP contribution in [-0.4, -0.2) is 52.9 Å². The Morgan fingerprint density at radius 1 is 1.19 bits per heavy atom. The van der Waals surface area contributed by atoms with E-state index >= 15 is 0 Å². The average molecular weight is 423 g/mol. The minimum atomic E-state index is -0.293. The molecule has 7 nitrogen and oxygen atoms in total. The second kappa shape index (κ2) is 8.45. The summed E-state index contributed by atoms with van der Waals surface area (Å²) in [4.78, 5) is 30.0. The van der Waals surface area contributed by atoms with E-state index in [1.54, 1.807) is 31.0 Å². The quantitative estimate of drug-likeness (QED) is 0.632. The summed E-state index contributed by atoms with van der Waals surface area (Å²) in [5.74, 6) is 1.14. The topological polar surface area (TPSA) is 75.4 Å². The molecule has 0 saturated carbocycles. The number of halogens is 1. The minimum absolute atomic E-state index is 0.126. The summed E-state index contributed by atoms with van der Waals surface area (Å²) in [5.41, 5.74) is 3.09. The van der Waals surface area contributed by atoms with Crippen molar-refractivity contribution in [3.8, 4) is 11.1 Å². The molecule has 0 unspecified atom stereocenters. The molecule has 1 amide bonds. The molecule has 0 radical (unpaired) electrons. The molecule has 1 aromatic carbocycles. The number of hydrogen-bond donors (Lipinski definition) is 0. The number of oxazole rings is 1. The van der Waals surface area contributed by atoms with Gasteiger partial charge in [0, 0.05) is 51.8 Å². The molecule has 162 valence electrons. The van der Waals surface area contributed by atoms with E-state index in [2.05, 4.69) is 9.97 Å². The third-order valence-electron chi connectivity index (χ3n) is 5.61. The van der Waals surface area contributed by atoms with Gasteiger partial charge in [-0.2, -0.15) is 0 Å². The zero-order valence-corrected chi connectivity index (χ0v) is 18.2. The number of hydrogen-bond acceptors (Lipinski definition) is 6. The highest BCUT2D eigenvalue weighted by atomic mass is 19.1. The van der Waals surface area contributed by atoms with Gasteiger partial charge in [-0.15, -0.1) is 0 Å². The maximum atomic E-state index is 13.9. The van der Waals surface area contributed by atoms with Gasteiger partial charge in [-0.05, 0) is 37.5 Å². The number of nitrogens with zero attached hydrogens (tertiary/aromatic N) is 5. The van der Waals surface area contributed by atoms with Crippen LogP contribution in [0.1, 0.15) is 46.6 Å². The highest BCUT2D eigenvalue weighted by molar-refractivity contribution is 5.92. The molecule has 3 heterocycles. The lowest BCUT2D eigenvalue weighted by molar-refractivity contribution is 0.0677. The molecule has 1 aliphatic rings. The van der Waals surface area contributed by atoms with Gasteiger partial charge in [0.25, 0.3) is 5.91 Å². The Morgan fingerprint density at radius 2 is 1.94 bits per heavy atom. The summed E-state index contributed by atoms with van der Waals surface area (Å²) in [6, 6.07) is 6.49. The molecular weight excluding hydrogens is 397 g/mol. The lowest BCUT2D eigenvalue weighted by Crippen LogP contribution is -2.38. The van der Waals surface area contributed by atoms with Crippen molar-refractivity contribution in [2.24, 2.45) is 0 Å². The standard InChI is InChI=1S/C23H26FN5O2/c1-14-21(31-15(2)26-14)22(30)29-10-8-16(9-11-29)20-19(13-25-23(27-20)28(3)4)17-6-5-7-18(24)12-17/h5-7,12-13,16H,8-11H2,1-4H3. The number of carbonyl (C=O) groups excluding carboxylic acids is 1. The van der Waals surface area contributed by atoms with Crippen molar-refractivity contribution < 1.29 is 13.6 Å². The molecule has 1 saturated heterocycles. The second-order valence-electron chi connectivity index (χ2n) is 8.09. The summed E-state index contributed by atoms with van der Waals surface area (Å²) in [6.45, 7) is 4.70. The number of aromatic nitrogens is 3. The van der Waals surface area contributed by atoms with Gasteiger partial charge >= 0.3 is 0 Å². The molecule has 0 N–H and O–H groups in total. The van der Waals surface area contributed by atoms with Gasteiger partial charge in [-0.25, -0.2) is 19.3 Å². The van der Waals surface area contributed by atoms with Crippen molar-refractivity contribution in [3.05, 3.63) is 59.3 Å². The van der Waals surface area contributed by atoms with Crippen LogP contribution in [0.3, 0.4) is 0 Å². The van der Waals surface area contributed by atoms with Crippen LogP contribution in [0.2, 0.25) is 0 Å². The average Bonchev–Trinajstić information content (AvgIpc) is 3.10. The molecule has 0 bridgehead atoms. The molecule has 31 heavy (non-hydrogen) atoms. The van der Waals surface area contributed by atoms with Crippen molar-refractivity contribution in [3.63, 3.8) is 0 Å². The fourth-order valence-corrected chi connectivity index (χ4v) is 4.02. The largest absolute Gasteiger partial charge is 0.436 e. The van der Waals surface area contributed by atoms with E-state index < -0.39 is 0 Å². The van der Waals surface area contributed by atoms with Crippen LogP contribution in [0.5, 0.6) is 0 Å². The molecule has 1 fully saturated rings. The fourth-order valence-electron chi connectivity index (χ4n) is 4.02. The first-order chi connectivity index (χ1) is 14.8. The van der Waals surface area contributed by atoms with Gasteiger partial charge in [0.2, 0.25) is 11.7 Å². The summed E-state index contributed by atoms with van der Waals surface area (Å²) >= 11 is 0. The SMILES string of the molecule is Cc1nc(C)c(C(=O)N2CCC(c3nc(N(C)C)ncc3-c3cccc(F)c3)CC2)o1. The van der Waals surface area contributed by atoms with Gasteiger partial charge in [-0.3, -0.25) is 4.79 Å². The number of likely N-dealkylation sites (tertiary alicyclic amines) is 1. The zero-order valence-electron chi connectivity index (χ0n) is 18.2. The van der Waals surface area contributed by atoms with Gasteiger partial charge in [-0.1, -0.05) is 12.1 Å². The molecule has 3 aromatic rings. The van der Waals surface area contributed by atoms with Crippen molar-refractivity contribution in [1.82, 2.24) is 19.9 Å². The normalized spacial score (nSPS) is 14.7. The summed E-state index contributed by atoms with van der Waals surface area (Å²) in [6.07, 6.45) is 3.28. The van der Waals surface area contributed by atoms with E-state index in [0.717, 1.165) is 29.7 Å². The molecule has 8 heteroatoms. The van der Waals surface area contributed by atoms with E-state index in [1.807, 2.05) is 25.1 Å². The number of amides is 1. The van der Waals surface area contributed by atoms with Crippen molar-refractivity contribution in [2.45, 2.75) is 32.6 Å². The highest BCUT2D eigenvalue weighted by Crippen LogP contribution is 2.35. The number of piperidine rings is 1. The highest BCUT2D eigenvalue weighted by Gasteiger charge is 2.30. The van der Waals surface area contributed by atoms with Crippen molar-refractivity contribution >= 4 is 11.9 Å². The number of benzene rings is 1. The van der Waals surface area contributed by atoms with Crippen LogP contribution in [0.25, 0.3) is 11.1 Å². The summed E-state index contributed by atoms with van der Waals surface area (Å²) in [7, 11) is 3.79. The molecule has 0 aliphatic carbocycles. The van der Waals surface area contributed by atoms with Crippen LogP contribution < -0.4 is 4.90 Å². The van der Waals surface area contributed by atoms with E-state index in [1.165, 1.54) is 12.1 Å². The molecule has 4 rings (SSSR count). The van der Waals surface area contributed by atoms with E-state index in [0.29, 0.717) is 36.4 Å². The maximum absolute atomic E-state index is 13.9. The number of rotatable bonds is 4. The Labute approximate surface area is 180 Å². The third kappa shape index (κ3) is 4.28. The zero-order chi connectivity index (χ0) is 22.1. The van der Waals surface area contributed by atoms with Crippen LogP contribution in [0, 0.1) is 19.7 Å². The second-order valence-corrected chi connectivity index (χ2v) is 8.09. The van der Waals surface area contributed by atoms with E-state index in [9.17, 15) is 9.18 Å². The molecule has 0 atom stereocenters. The predicted molar refractivity (Wildman–Crippen MR) is 116 cm³/mol. The van der Waals surface area contributed by atoms with E-state index in [4.69, 9.17) is 9.40 Å². The molecular formula is C23H26FN5O2. The lowest BCUT2D eigenvalue weighted by Gasteiger charge is -2.32.